The minimum atomic E-state index is -1.43. The first-order valence-electron chi connectivity index (χ1n) is 7.24. The highest BCUT2D eigenvalue weighted by atomic mass is 16.4. The van der Waals surface area contributed by atoms with Crippen molar-refractivity contribution in [3.05, 3.63) is 0 Å². The molecule has 0 heterocycles. The van der Waals surface area contributed by atoms with Crippen LogP contribution in [0.15, 0.2) is 0 Å². The summed E-state index contributed by atoms with van der Waals surface area (Å²) in [6.07, 6.45) is 4.30. The SMILES string of the molecule is CC1CCC(CNC(=O)NCC(C)(O)CC(=O)O)CC1. The Balaban J connectivity index is 2.18. The molecule has 0 aromatic carbocycles. The van der Waals surface area contributed by atoms with Gasteiger partial charge >= 0.3 is 12.0 Å². The zero-order valence-electron chi connectivity index (χ0n) is 12.3. The van der Waals surface area contributed by atoms with Gasteiger partial charge in [-0.1, -0.05) is 19.8 Å². The fourth-order valence-corrected chi connectivity index (χ4v) is 2.49. The summed E-state index contributed by atoms with van der Waals surface area (Å²) < 4.78 is 0. The van der Waals surface area contributed by atoms with E-state index in [1.165, 1.54) is 19.8 Å². The molecule has 1 rings (SSSR count). The number of carbonyl (C=O) groups is 2. The first-order chi connectivity index (χ1) is 9.28. The standard InChI is InChI=1S/C14H26N2O4/c1-10-3-5-11(6-4-10)8-15-13(19)16-9-14(2,20)7-12(17)18/h10-11,20H,3-9H2,1-2H3,(H,17,18)(H2,15,16,19). The van der Waals surface area contributed by atoms with Crippen LogP contribution in [-0.4, -0.2) is 40.9 Å². The van der Waals surface area contributed by atoms with E-state index in [-0.39, 0.29) is 12.6 Å². The lowest BCUT2D eigenvalue weighted by atomic mass is 9.83. The summed E-state index contributed by atoms with van der Waals surface area (Å²) in [4.78, 5) is 22.1. The molecule has 0 bridgehead atoms. The van der Waals surface area contributed by atoms with Crippen LogP contribution in [-0.2, 0) is 4.79 Å². The van der Waals surface area contributed by atoms with Gasteiger partial charge in [0.2, 0.25) is 0 Å². The molecule has 2 amide bonds. The predicted octanol–water partition coefficient (Wildman–Crippen LogP) is 1.34. The van der Waals surface area contributed by atoms with E-state index < -0.39 is 18.0 Å². The molecule has 1 atom stereocenters. The van der Waals surface area contributed by atoms with Gasteiger partial charge in [-0.05, 0) is 31.6 Å². The first-order valence-corrected chi connectivity index (χ1v) is 7.24. The molecular formula is C14H26N2O4. The maximum atomic E-state index is 11.6. The third kappa shape index (κ3) is 6.75. The van der Waals surface area contributed by atoms with E-state index in [1.54, 1.807) is 0 Å². The van der Waals surface area contributed by atoms with Crippen molar-refractivity contribution < 1.29 is 19.8 Å². The summed E-state index contributed by atoms with van der Waals surface area (Å²) in [5.74, 6) is 0.219. The number of urea groups is 1. The van der Waals surface area contributed by atoms with Crippen molar-refractivity contribution >= 4 is 12.0 Å². The van der Waals surface area contributed by atoms with Crippen LogP contribution in [0.4, 0.5) is 4.79 Å². The average Bonchev–Trinajstić information content (AvgIpc) is 2.34. The molecule has 0 radical (unpaired) electrons. The summed E-state index contributed by atoms with van der Waals surface area (Å²) in [5, 5.41) is 23.7. The monoisotopic (exact) mass is 286 g/mol. The molecule has 1 aliphatic carbocycles. The predicted molar refractivity (Wildman–Crippen MR) is 75.4 cm³/mol. The highest BCUT2D eigenvalue weighted by molar-refractivity contribution is 5.74. The highest BCUT2D eigenvalue weighted by Gasteiger charge is 2.25. The molecule has 0 aromatic heterocycles. The van der Waals surface area contributed by atoms with Crippen LogP contribution in [0.1, 0.15) is 46.0 Å². The summed E-state index contributed by atoms with van der Waals surface area (Å²) in [5.41, 5.74) is -1.43. The lowest BCUT2D eigenvalue weighted by molar-refractivity contribution is -0.141. The van der Waals surface area contributed by atoms with Crippen molar-refractivity contribution in [2.24, 2.45) is 11.8 Å². The summed E-state index contributed by atoms with van der Waals surface area (Å²) in [6.45, 7) is 4.21. The maximum Gasteiger partial charge on any atom is 0.314 e. The normalized spacial score (nSPS) is 25.6. The molecule has 20 heavy (non-hydrogen) atoms. The van der Waals surface area contributed by atoms with Crippen molar-refractivity contribution in [2.75, 3.05) is 13.1 Å². The molecule has 1 saturated carbocycles. The van der Waals surface area contributed by atoms with Crippen molar-refractivity contribution in [1.82, 2.24) is 10.6 Å². The number of carbonyl (C=O) groups excluding carboxylic acids is 1. The van der Waals surface area contributed by atoms with Gasteiger partial charge < -0.3 is 20.8 Å². The van der Waals surface area contributed by atoms with Gasteiger partial charge in [0.1, 0.15) is 0 Å². The molecule has 6 heteroatoms. The maximum absolute atomic E-state index is 11.6. The topological polar surface area (TPSA) is 98.7 Å². The van der Waals surface area contributed by atoms with Crippen molar-refractivity contribution in [1.29, 1.82) is 0 Å². The second-order valence-corrected chi connectivity index (χ2v) is 6.26. The van der Waals surface area contributed by atoms with E-state index >= 15 is 0 Å². The van der Waals surface area contributed by atoms with E-state index in [9.17, 15) is 14.7 Å². The second kappa shape index (κ2) is 7.47. The smallest absolute Gasteiger partial charge is 0.314 e. The summed E-state index contributed by atoms with van der Waals surface area (Å²) in [7, 11) is 0. The van der Waals surface area contributed by atoms with Crippen LogP contribution in [0.2, 0.25) is 0 Å². The molecule has 0 saturated heterocycles. The lowest BCUT2D eigenvalue weighted by Gasteiger charge is -2.26. The van der Waals surface area contributed by atoms with Crippen LogP contribution in [0.3, 0.4) is 0 Å². The number of amides is 2. The lowest BCUT2D eigenvalue weighted by Crippen LogP contribution is -2.46. The number of carboxylic acids is 1. The molecular weight excluding hydrogens is 260 g/mol. The van der Waals surface area contributed by atoms with Gasteiger partial charge in [-0.3, -0.25) is 4.79 Å². The van der Waals surface area contributed by atoms with E-state index in [1.807, 2.05) is 0 Å². The molecule has 1 fully saturated rings. The van der Waals surface area contributed by atoms with Crippen molar-refractivity contribution in [3.63, 3.8) is 0 Å². The van der Waals surface area contributed by atoms with Crippen LogP contribution >= 0.6 is 0 Å². The largest absolute Gasteiger partial charge is 0.481 e. The molecule has 6 nitrogen and oxygen atoms in total. The number of rotatable bonds is 6. The van der Waals surface area contributed by atoms with Crippen LogP contribution in [0.5, 0.6) is 0 Å². The molecule has 0 spiro atoms. The number of nitrogens with one attached hydrogen (secondary N) is 2. The molecule has 1 unspecified atom stereocenters. The third-order valence-electron chi connectivity index (χ3n) is 3.85. The molecule has 0 aromatic rings. The van der Waals surface area contributed by atoms with Gasteiger partial charge in [-0.15, -0.1) is 0 Å². The summed E-state index contributed by atoms with van der Waals surface area (Å²) in [6, 6.07) is -0.353. The Labute approximate surface area is 119 Å². The Bertz CT molecular complexity index is 336. The number of hydrogen-bond acceptors (Lipinski definition) is 3. The Morgan fingerprint density at radius 1 is 1.20 bits per heavy atom. The molecule has 116 valence electrons. The zero-order valence-corrected chi connectivity index (χ0v) is 12.3. The summed E-state index contributed by atoms with van der Waals surface area (Å²) >= 11 is 0. The number of aliphatic carboxylic acids is 1. The van der Waals surface area contributed by atoms with E-state index in [0.717, 1.165) is 18.8 Å². The van der Waals surface area contributed by atoms with Crippen LogP contribution in [0.25, 0.3) is 0 Å². The van der Waals surface area contributed by atoms with Gasteiger partial charge in [0, 0.05) is 13.1 Å². The van der Waals surface area contributed by atoms with Crippen molar-refractivity contribution in [3.8, 4) is 0 Å². The van der Waals surface area contributed by atoms with Crippen molar-refractivity contribution in [2.45, 2.75) is 51.6 Å². The molecule has 0 aliphatic heterocycles. The second-order valence-electron chi connectivity index (χ2n) is 6.26. The minimum Gasteiger partial charge on any atom is -0.481 e. The van der Waals surface area contributed by atoms with E-state index in [4.69, 9.17) is 5.11 Å². The fraction of sp³-hybridized carbons (Fsp3) is 0.857. The van der Waals surface area contributed by atoms with Crippen LogP contribution in [0, 0.1) is 11.8 Å². The number of hydrogen-bond donors (Lipinski definition) is 4. The Kier molecular flexibility index (Phi) is 6.26. The zero-order chi connectivity index (χ0) is 15.2. The Morgan fingerprint density at radius 2 is 1.80 bits per heavy atom. The van der Waals surface area contributed by atoms with E-state index in [0.29, 0.717) is 12.5 Å². The third-order valence-corrected chi connectivity index (χ3v) is 3.85. The first kappa shape index (κ1) is 16.8. The van der Waals surface area contributed by atoms with Gasteiger partial charge in [0.25, 0.3) is 0 Å². The molecule has 1 aliphatic rings. The Hall–Kier alpha value is -1.30. The number of carboxylic acid groups (broad SMARTS) is 1. The number of aliphatic hydroxyl groups is 1. The highest BCUT2D eigenvalue weighted by Crippen LogP contribution is 2.27. The quantitative estimate of drug-likeness (QED) is 0.592. The Morgan fingerprint density at radius 3 is 2.35 bits per heavy atom. The van der Waals surface area contributed by atoms with Gasteiger partial charge in [0.15, 0.2) is 0 Å². The van der Waals surface area contributed by atoms with E-state index in [2.05, 4.69) is 17.6 Å². The van der Waals surface area contributed by atoms with Gasteiger partial charge in [-0.25, -0.2) is 4.79 Å². The minimum absolute atomic E-state index is 0.0766. The average molecular weight is 286 g/mol. The van der Waals surface area contributed by atoms with Gasteiger partial charge in [0.05, 0.1) is 12.0 Å². The molecule has 4 N–H and O–H groups in total. The fourth-order valence-electron chi connectivity index (χ4n) is 2.49. The van der Waals surface area contributed by atoms with Crippen LogP contribution < -0.4 is 10.6 Å². The van der Waals surface area contributed by atoms with Gasteiger partial charge in [-0.2, -0.15) is 0 Å².